The molecule has 0 radical (unpaired) electrons. The molecule has 1 N–H and O–H groups in total. The number of nitrogens with one attached hydrogen (secondary N) is 1. The number of rotatable bonds is 8. The van der Waals surface area contributed by atoms with Gasteiger partial charge in [0.2, 0.25) is 0 Å². The Morgan fingerprint density at radius 3 is 2.39 bits per heavy atom. The Kier molecular flexibility index (Phi) is 7.00. The van der Waals surface area contributed by atoms with Gasteiger partial charge in [-0.1, -0.05) is 6.07 Å². The van der Waals surface area contributed by atoms with Crippen LogP contribution in [0, 0.1) is 0 Å². The topological polar surface area (TPSA) is 108 Å². The van der Waals surface area contributed by atoms with Crippen molar-refractivity contribution in [2.24, 2.45) is 0 Å². The third-order valence-corrected chi connectivity index (χ3v) is 4.99. The number of anilines is 1. The van der Waals surface area contributed by atoms with Crippen LogP contribution in [0.5, 0.6) is 5.75 Å². The molecule has 0 bridgehead atoms. The molecular formula is C19H21NO7S. The smallest absolute Gasteiger partial charge is 0.346 e. The second kappa shape index (κ2) is 9.23. The molecule has 0 heterocycles. The summed E-state index contributed by atoms with van der Waals surface area (Å²) in [6, 6.07) is 11.7. The van der Waals surface area contributed by atoms with Gasteiger partial charge in [0, 0.05) is 5.69 Å². The number of methoxy groups -OCH3 is 1. The fourth-order valence-electron chi connectivity index (χ4n) is 2.23. The van der Waals surface area contributed by atoms with Crippen LogP contribution in [0.4, 0.5) is 5.69 Å². The molecule has 0 aliphatic carbocycles. The van der Waals surface area contributed by atoms with Crippen molar-refractivity contribution >= 4 is 27.6 Å². The molecule has 0 amide bonds. The van der Waals surface area contributed by atoms with E-state index in [9.17, 15) is 18.0 Å². The quantitative estimate of drug-likeness (QED) is 0.670. The summed E-state index contributed by atoms with van der Waals surface area (Å²) in [5.41, 5.74) is 0.334. The third-order valence-electron chi connectivity index (χ3n) is 3.61. The fourth-order valence-corrected chi connectivity index (χ4v) is 3.34. The average Bonchev–Trinajstić information content (AvgIpc) is 2.68. The molecule has 8 nitrogen and oxygen atoms in total. The number of esters is 2. The SMILES string of the molecule is CCOc1ccc(NS(=O)(=O)c2cccc(C(=O)O[C@H](C)C(=O)OC)c2)cc1. The van der Waals surface area contributed by atoms with Gasteiger partial charge < -0.3 is 14.2 Å². The number of sulfonamides is 1. The molecule has 0 saturated carbocycles. The lowest BCUT2D eigenvalue weighted by atomic mass is 10.2. The van der Waals surface area contributed by atoms with Gasteiger partial charge in [0.25, 0.3) is 10.0 Å². The number of ether oxygens (including phenoxy) is 3. The van der Waals surface area contributed by atoms with Crippen molar-refractivity contribution in [3.8, 4) is 5.75 Å². The number of benzene rings is 2. The van der Waals surface area contributed by atoms with E-state index in [2.05, 4.69) is 9.46 Å². The van der Waals surface area contributed by atoms with E-state index in [0.717, 1.165) is 0 Å². The molecule has 2 aromatic rings. The maximum atomic E-state index is 12.6. The Balaban J connectivity index is 2.16. The fraction of sp³-hybridized carbons (Fsp3) is 0.263. The minimum absolute atomic E-state index is 0.00896. The molecule has 0 unspecified atom stereocenters. The van der Waals surface area contributed by atoms with E-state index in [-0.39, 0.29) is 10.5 Å². The maximum Gasteiger partial charge on any atom is 0.346 e. The zero-order valence-electron chi connectivity index (χ0n) is 15.7. The van der Waals surface area contributed by atoms with Crippen molar-refractivity contribution in [3.05, 3.63) is 54.1 Å². The minimum atomic E-state index is -3.93. The van der Waals surface area contributed by atoms with Crippen LogP contribution < -0.4 is 9.46 Å². The first-order chi connectivity index (χ1) is 13.3. The van der Waals surface area contributed by atoms with Crippen LogP contribution in [-0.4, -0.2) is 40.2 Å². The molecule has 0 aliphatic heterocycles. The van der Waals surface area contributed by atoms with Crippen LogP contribution in [0.1, 0.15) is 24.2 Å². The van der Waals surface area contributed by atoms with Crippen LogP contribution in [-0.2, 0) is 24.3 Å². The Morgan fingerprint density at radius 2 is 1.79 bits per heavy atom. The van der Waals surface area contributed by atoms with Crippen LogP contribution >= 0.6 is 0 Å². The first kappa shape index (κ1) is 21.2. The molecule has 28 heavy (non-hydrogen) atoms. The molecule has 150 valence electrons. The summed E-state index contributed by atoms with van der Waals surface area (Å²) in [4.78, 5) is 23.4. The largest absolute Gasteiger partial charge is 0.494 e. The van der Waals surface area contributed by atoms with E-state index in [1.807, 2.05) is 6.92 Å². The molecule has 2 aromatic carbocycles. The molecule has 0 aromatic heterocycles. The highest BCUT2D eigenvalue weighted by molar-refractivity contribution is 7.92. The molecule has 0 fully saturated rings. The van der Waals surface area contributed by atoms with Crippen molar-refractivity contribution in [1.82, 2.24) is 0 Å². The van der Waals surface area contributed by atoms with Crippen LogP contribution in [0.3, 0.4) is 0 Å². The molecular weight excluding hydrogens is 386 g/mol. The predicted molar refractivity (Wildman–Crippen MR) is 102 cm³/mol. The first-order valence-electron chi connectivity index (χ1n) is 8.41. The summed E-state index contributed by atoms with van der Waals surface area (Å²) >= 11 is 0. The van der Waals surface area contributed by atoms with E-state index in [0.29, 0.717) is 18.0 Å². The van der Waals surface area contributed by atoms with Gasteiger partial charge >= 0.3 is 11.9 Å². The number of hydrogen-bond donors (Lipinski definition) is 1. The lowest BCUT2D eigenvalue weighted by Gasteiger charge is -2.12. The summed E-state index contributed by atoms with van der Waals surface area (Å²) in [5.74, 6) is -0.930. The van der Waals surface area contributed by atoms with Gasteiger partial charge in [-0.25, -0.2) is 18.0 Å². The van der Waals surface area contributed by atoms with Gasteiger partial charge in [0.05, 0.1) is 24.2 Å². The summed E-state index contributed by atoms with van der Waals surface area (Å²) in [6.07, 6.45) is -1.11. The Bertz CT molecular complexity index is 939. The normalized spacial score (nSPS) is 12.0. The Labute approximate surface area is 163 Å². The molecule has 0 saturated heterocycles. The van der Waals surface area contributed by atoms with Gasteiger partial charge in [0.15, 0.2) is 6.10 Å². The number of carbonyl (C=O) groups excluding carboxylic acids is 2. The van der Waals surface area contributed by atoms with Gasteiger partial charge in [-0.15, -0.1) is 0 Å². The van der Waals surface area contributed by atoms with Crippen LogP contribution in [0.25, 0.3) is 0 Å². The summed E-state index contributed by atoms with van der Waals surface area (Å²) in [7, 11) is -2.76. The average molecular weight is 407 g/mol. The molecule has 0 spiro atoms. The Hall–Kier alpha value is -3.07. The highest BCUT2D eigenvalue weighted by Crippen LogP contribution is 2.20. The lowest BCUT2D eigenvalue weighted by molar-refractivity contribution is -0.149. The van der Waals surface area contributed by atoms with E-state index in [1.54, 1.807) is 24.3 Å². The highest BCUT2D eigenvalue weighted by atomic mass is 32.2. The summed E-state index contributed by atoms with van der Waals surface area (Å²) in [5, 5.41) is 0. The predicted octanol–water partition coefficient (Wildman–Crippen LogP) is 2.60. The molecule has 9 heteroatoms. The zero-order chi connectivity index (χ0) is 20.7. The van der Waals surface area contributed by atoms with Crippen molar-refractivity contribution < 1.29 is 32.2 Å². The highest BCUT2D eigenvalue weighted by Gasteiger charge is 2.21. The second-order valence-corrected chi connectivity index (χ2v) is 7.34. The van der Waals surface area contributed by atoms with E-state index >= 15 is 0 Å². The van der Waals surface area contributed by atoms with Crippen molar-refractivity contribution in [2.45, 2.75) is 24.8 Å². The van der Waals surface area contributed by atoms with E-state index in [1.165, 1.54) is 38.3 Å². The zero-order valence-corrected chi connectivity index (χ0v) is 16.5. The second-order valence-electron chi connectivity index (χ2n) is 5.66. The Morgan fingerprint density at radius 1 is 1.11 bits per heavy atom. The standard InChI is InChI=1S/C19H21NO7S/c1-4-26-16-10-8-15(9-11-16)20-28(23,24)17-7-5-6-14(12-17)19(22)27-13(2)18(21)25-3/h5-13,20H,4H2,1-3H3/t13-/m1/s1. The van der Waals surface area contributed by atoms with Gasteiger partial charge in [0.1, 0.15) is 5.75 Å². The molecule has 1 atom stereocenters. The van der Waals surface area contributed by atoms with Gasteiger partial charge in [-0.2, -0.15) is 0 Å². The number of carbonyl (C=O) groups is 2. The first-order valence-corrected chi connectivity index (χ1v) is 9.89. The number of hydrogen-bond acceptors (Lipinski definition) is 7. The van der Waals surface area contributed by atoms with Gasteiger partial charge in [-0.3, -0.25) is 4.72 Å². The van der Waals surface area contributed by atoms with E-state index < -0.39 is 28.1 Å². The minimum Gasteiger partial charge on any atom is -0.494 e. The van der Waals surface area contributed by atoms with Crippen molar-refractivity contribution in [3.63, 3.8) is 0 Å². The van der Waals surface area contributed by atoms with E-state index in [4.69, 9.17) is 9.47 Å². The van der Waals surface area contributed by atoms with Crippen LogP contribution in [0.2, 0.25) is 0 Å². The van der Waals surface area contributed by atoms with Gasteiger partial charge in [-0.05, 0) is 56.3 Å². The van der Waals surface area contributed by atoms with Crippen molar-refractivity contribution in [2.75, 3.05) is 18.4 Å². The lowest BCUT2D eigenvalue weighted by Crippen LogP contribution is -2.25. The summed E-state index contributed by atoms with van der Waals surface area (Å²) < 4.78 is 42.4. The molecule has 2 rings (SSSR count). The molecule has 0 aliphatic rings. The monoisotopic (exact) mass is 407 g/mol. The van der Waals surface area contributed by atoms with Crippen molar-refractivity contribution in [1.29, 1.82) is 0 Å². The summed E-state index contributed by atoms with van der Waals surface area (Å²) in [6.45, 7) is 3.71. The third kappa shape index (κ3) is 5.46. The maximum absolute atomic E-state index is 12.6. The van der Waals surface area contributed by atoms with Crippen LogP contribution in [0.15, 0.2) is 53.4 Å².